The number of hydrogen-bond acceptors (Lipinski definition) is 7. The highest BCUT2D eigenvalue weighted by molar-refractivity contribution is 9.10. The molecule has 1 atom stereocenters. The molecule has 0 radical (unpaired) electrons. The van der Waals surface area contributed by atoms with Gasteiger partial charge in [0.1, 0.15) is 6.04 Å². The molecule has 0 unspecified atom stereocenters. The normalized spacial score (nSPS) is 16.8. The summed E-state index contributed by atoms with van der Waals surface area (Å²) < 4.78 is 16.1. The first kappa shape index (κ1) is 20.3. The van der Waals surface area contributed by atoms with E-state index in [0.29, 0.717) is 28.1 Å². The summed E-state index contributed by atoms with van der Waals surface area (Å²) >= 11 is 4.19. The van der Waals surface area contributed by atoms with Crippen LogP contribution in [0, 0.1) is 0 Å². The van der Waals surface area contributed by atoms with Gasteiger partial charge in [-0.2, -0.15) is 0 Å². The van der Waals surface area contributed by atoms with Crippen LogP contribution in [-0.4, -0.2) is 48.9 Å². The Morgan fingerprint density at radius 2 is 2.00 bits per heavy atom. The number of esters is 1. The minimum absolute atomic E-state index is 0.207. The summed E-state index contributed by atoms with van der Waals surface area (Å²) in [5.41, 5.74) is 0.644. The molecule has 1 fully saturated rings. The molecule has 2 rings (SSSR count). The lowest BCUT2D eigenvalue weighted by Gasteiger charge is -2.18. The first-order valence-corrected chi connectivity index (χ1v) is 9.30. The van der Waals surface area contributed by atoms with Gasteiger partial charge < -0.3 is 14.2 Å². The summed E-state index contributed by atoms with van der Waals surface area (Å²) in [6.45, 7) is 3.74. The Hall–Kier alpha value is -2.00. The van der Waals surface area contributed by atoms with Crippen molar-refractivity contribution in [2.24, 2.45) is 0 Å². The van der Waals surface area contributed by atoms with Crippen LogP contribution >= 0.6 is 27.7 Å². The molecule has 0 N–H and O–H groups in total. The smallest absolute Gasteiger partial charge is 0.328 e. The summed E-state index contributed by atoms with van der Waals surface area (Å²) in [5, 5.41) is -0.520. The van der Waals surface area contributed by atoms with Crippen molar-refractivity contribution in [1.29, 1.82) is 0 Å². The van der Waals surface area contributed by atoms with E-state index in [0.717, 1.165) is 16.7 Å². The topological polar surface area (TPSA) is 82.1 Å². The number of nitrogens with zero attached hydrogens (tertiary/aromatic N) is 1. The Labute approximate surface area is 163 Å². The predicted octanol–water partition coefficient (Wildman–Crippen LogP) is 3.45. The summed E-state index contributed by atoms with van der Waals surface area (Å²) in [6.07, 6.45) is 1.57. The number of thioether (sulfide) groups is 1. The van der Waals surface area contributed by atoms with Crippen molar-refractivity contribution in [3.63, 3.8) is 0 Å². The van der Waals surface area contributed by atoms with Gasteiger partial charge in [0, 0.05) is 4.47 Å². The minimum Gasteiger partial charge on any atom is -0.493 e. The van der Waals surface area contributed by atoms with Crippen LogP contribution in [-0.2, 0) is 14.3 Å². The largest absolute Gasteiger partial charge is 0.493 e. The number of halogens is 1. The third kappa shape index (κ3) is 4.04. The van der Waals surface area contributed by atoms with Gasteiger partial charge in [-0.1, -0.05) is 15.9 Å². The molecule has 7 nitrogen and oxygen atoms in total. The number of rotatable bonds is 6. The molecule has 1 aromatic rings. The highest BCUT2D eigenvalue weighted by Gasteiger charge is 2.41. The van der Waals surface area contributed by atoms with Crippen LogP contribution in [0.3, 0.4) is 0 Å². The fourth-order valence-corrected chi connectivity index (χ4v) is 3.66. The molecule has 9 heteroatoms. The van der Waals surface area contributed by atoms with Gasteiger partial charge in [0.05, 0.1) is 25.7 Å². The third-order valence-electron chi connectivity index (χ3n) is 3.62. The van der Waals surface area contributed by atoms with Gasteiger partial charge in [0.15, 0.2) is 11.5 Å². The van der Waals surface area contributed by atoms with Crippen LogP contribution in [0.2, 0.25) is 0 Å². The molecule has 1 aliphatic heterocycles. The standard InChI is InChI=1S/C17H18BrNO6S/c1-5-25-13-6-10(11(18)8-12(13)23-3)7-14-15(20)19(17(22)26-14)9(2)16(21)24-4/h6-9H,5H2,1-4H3/b14-7+/t9-/m1/s1. The number of amides is 2. The van der Waals surface area contributed by atoms with Crippen LogP contribution in [0.5, 0.6) is 11.5 Å². The van der Waals surface area contributed by atoms with Gasteiger partial charge in [-0.25, -0.2) is 4.79 Å². The Balaban J connectivity index is 2.38. The second-order valence-corrected chi connectivity index (χ2v) is 7.06. The molecule has 26 heavy (non-hydrogen) atoms. The van der Waals surface area contributed by atoms with Crippen LogP contribution in [0.25, 0.3) is 6.08 Å². The lowest BCUT2D eigenvalue weighted by atomic mass is 10.1. The molecular weight excluding hydrogens is 426 g/mol. The Morgan fingerprint density at radius 1 is 1.31 bits per heavy atom. The molecule has 1 aromatic carbocycles. The maximum absolute atomic E-state index is 12.6. The van der Waals surface area contributed by atoms with Crippen molar-refractivity contribution in [3.8, 4) is 11.5 Å². The molecule has 2 amide bonds. The quantitative estimate of drug-likeness (QED) is 0.491. The molecule has 0 saturated carbocycles. The van der Waals surface area contributed by atoms with Crippen LogP contribution < -0.4 is 9.47 Å². The fourth-order valence-electron chi connectivity index (χ4n) is 2.32. The minimum atomic E-state index is -0.989. The van der Waals surface area contributed by atoms with Crippen molar-refractivity contribution in [1.82, 2.24) is 4.90 Å². The van der Waals surface area contributed by atoms with Gasteiger partial charge in [0.25, 0.3) is 11.1 Å². The van der Waals surface area contributed by atoms with Crippen molar-refractivity contribution in [2.45, 2.75) is 19.9 Å². The molecule has 0 bridgehead atoms. The van der Waals surface area contributed by atoms with E-state index in [9.17, 15) is 14.4 Å². The zero-order valence-electron chi connectivity index (χ0n) is 14.7. The van der Waals surface area contributed by atoms with Crippen molar-refractivity contribution >= 4 is 50.9 Å². The first-order chi connectivity index (χ1) is 12.3. The Morgan fingerprint density at radius 3 is 2.58 bits per heavy atom. The lowest BCUT2D eigenvalue weighted by molar-refractivity contribution is -0.148. The van der Waals surface area contributed by atoms with E-state index in [1.165, 1.54) is 21.1 Å². The maximum Gasteiger partial charge on any atom is 0.328 e. The highest BCUT2D eigenvalue weighted by Crippen LogP contribution is 2.38. The number of benzene rings is 1. The summed E-state index contributed by atoms with van der Waals surface area (Å²) in [7, 11) is 2.74. The van der Waals surface area contributed by atoms with Gasteiger partial charge in [0.2, 0.25) is 0 Å². The molecule has 0 aromatic heterocycles. The van der Waals surface area contributed by atoms with Gasteiger partial charge in [-0.15, -0.1) is 0 Å². The van der Waals surface area contributed by atoms with Gasteiger partial charge >= 0.3 is 5.97 Å². The van der Waals surface area contributed by atoms with E-state index in [4.69, 9.17) is 9.47 Å². The zero-order chi connectivity index (χ0) is 19.4. The first-order valence-electron chi connectivity index (χ1n) is 7.69. The second kappa shape index (κ2) is 8.59. The lowest BCUT2D eigenvalue weighted by Crippen LogP contribution is -2.42. The third-order valence-corrected chi connectivity index (χ3v) is 5.19. The van der Waals surface area contributed by atoms with E-state index >= 15 is 0 Å². The second-order valence-electron chi connectivity index (χ2n) is 5.21. The van der Waals surface area contributed by atoms with Crippen LogP contribution in [0.1, 0.15) is 19.4 Å². The van der Waals surface area contributed by atoms with E-state index in [-0.39, 0.29) is 4.91 Å². The van der Waals surface area contributed by atoms with Gasteiger partial charge in [-0.05, 0) is 49.4 Å². The summed E-state index contributed by atoms with van der Waals surface area (Å²) in [5.74, 6) is -0.133. The van der Waals surface area contributed by atoms with Gasteiger partial charge in [-0.3, -0.25) is 14.5 Å². The van der Waals surface area contributed by atoms with E-state index < -0.39 is 23.2 Å². The Kier molecular flexibility index (Phi) is 6.71. The molecule has 0 spiro atoms. The highest BCUT2D eigenvalue weighted by atomic mass is 79.9. The molecule has 1 aliphatic rings. The monoisotopic (exact) mass is 443 g/mol. The SMILES string of the molecule is CCOc1cc(/C=C2/SC(=O)N([C@H](C)C(=O)OC)C2=O)c(Br)cc1OC. The van der Waals surface area contributed by atoms with Crippen molar-refractivity contribution in [2.75, 3.05) is 20.8 Å². The number of methoxy groups -OCH3 is 2. The van der Waals surface area contributed by atoms with E-state index in [2.05, 4.69) is 20.7 Å². The van der Waals surface area contributed by atoms with Crippen LogP contribution in [0.4, 0.5) is 4.79 Å². The number of carbonyl (C=O) groups excluding carboxylic acids is 3. The van der Waals surface area contributed by atoms with E-state index in [1.807, 2.05) is 6.92 Å². The molecule has 1 saturated heterocycles. The number of imide groups is 1. The Bertz CT molecular complexity index is 779. The maximum atomic E-state index is 12.6. The number of hydrogen-bond donors (Lipinski definition) is 0. The van der Waals surface area contributed by atoms with E-state index in [1.54, 1.807) is 18.2 Å². The van der Waals surface area contributed by atoms with Crippen LogP contribution in [0.15, 0.2) is 21.5 Å². The molecular formula is C17H18BrNO6S. The zero-order valence-corrected chi connectivity index (χ0v) is 17.1. The number of ether oxygens (including phenoxy) is 3. The summed E-state index contributed by atoms with van der Waals surface area (Å²) in [4.78, 5) is 37.5. The molecule has 140 valence electrons. The average Bonchev–Trinajstić information content (AvgIpc) is 2.89. The average molecular weight is 444 g/mol. The predicted molar refractivity (Wildman–Crippen MR) is 101 cm³/mol. The molecule has 0 aliphatic carbocycles. The summed E-state index contributed by atoms with van der Waals surface area (Å²) in [6, 6.07) is 2.44. The molecule has 1 heterocycles. The van der Waals surface area contributed by atoms with Crippen molar-refractivity contribution in [3.05, 3.63) is 27.1 Å². The van der Waals surface area contributed by atoms with Crippen molar-refractivity contribution < 1.29 is 28.6 Å². The fraction of sp³-hybridized carbons (Fsp3) is 0.353. The number of carbonyl (C=O) groups is 3.